The van der Waals surface area contributed by atoms with Gasteiger partial charge in [-0.2, -0.15) is 0 Å². The van der Waals surface area contributed by atoms with Crippen molar-refractivity contribution in [3.63, 3.8) is 0 Å². The van der Waals surface area contributed by atoms with Gasteiger partial charge in [-0.3, -0.25) is 9.20 Å². The predicted octanol–water partition coefficient (Wildman–Crippen LogP) is 5.58. The van der Waals surface area contributed by atoms with Crippen LogP contribution < -0.4 is 0 Å². The maximum Gasteiger partial charge on any atom is 0.228 e. The van der Waals surface area contributed by atoms with Crippen LogP contribution in [0.2, 0.25) is 0 Å². The molecular formula is C24H27N3O2S. The molecule has 1 aromatic carbocycles. The Morgan fingerprint density at radius 2 is 1.97 bits per heavy atom. The zero-order valence-electron chi connectivity index (χ0n) is 17.9. The number of aromatic nitrogens is 2. The molecule has 3 aromatic heterocycles. The van der Waals surface area contributed by atoms with E-state index in [0.717, 1.165) is 34.1 Å². The highest BCUT2D eigenvalue weighted by atomic mass is 32.1. The Kier molecular flexibility index (Phi) is 5.52. The molecule has 0 aliphatic rings. The van der Waals surface area contributed by atoms with Crippen LogP contribution in [0.5, 0.6) is 0 Å². The van der Waals surface area contributed by atoms with Crippen molar-refractivity contribution < 1.29 is 9.21 Å². The quantitative estimate of drug-likeness (QED) is 0.408. The molecule has 6 heteroatoms. The Morgan fingerprint density at radius 1 is 1.20 bits per heavy atom. The average Bonchev–Trinajstić information content (AvgIpc) is 3.42. The van der Waals surface area contributed by atoms with E-state index in [1.807, 2.05) is 37.8 Å². The van der Waals surface area contributed by atoms with E-state index in [9.17, 15) is 4.79 Å². The number of amides is 1. The molecule has 0 aliphatic carbocycles. The summed E-state index contributed by atoms with van der Waals surface area (Å²) in [6, 6.07) is 12.2. The fraction of sp³-hybridized carbons (Fsp3) is 0.333. The van der Waals surface area contributed by atoms with E-state index >= 15 is 0 Å². The summed E-state index contributed by atoms with van der Waals surface area (Å²) < 4.78 is 7.63. The molecule has 0 radical (unpaired) electrons. The molecule has 0 saturated heterocycles. The SMILES string of the molecule is Cc1ccc(-c2cn3c(CCN(Cc4ccco4)C(=O)C(C)(C)C)csc3n2)cc1. The minimum Gasteiger partial charge on any atom is -0.467 e. The first-order chi connectivity index (χ1) is 14.3. The van der Waals surface area contributed by atoms with Crippen molar-refractivity contribution in [2.24, 2.45) is 5.41 Å². The molecule has 3 heterocycles. The number of carbonyl (C=O) groups excluding carboxylic acids is 1. The Bertz CT molecular complexity index is 1130. The van der Waals surface area contributed by atoms with Crippen LogP contribution in [0.25, 0.3) is 16.2 Å². The highest BCUT2D eigenvalue weighted by molar-refractivity contribution is 7.15. The van der Waals surface area contributed by atoms with Gasteiger partial charge in [0, 0.05) is 41.2 Å². The van der Waals surface area contributed by atoms with E-state index in [1.54, 1.807) is 17.6 Å². The lowest BCUT2D eigenvalue weighted by molar-refractivity contribution is -0.140. The smallest absolute Gasteiger partial charge is 0.228 e. The second kappa shape index (κ2) is 8.11. The summed E-state index contributed by atoms with van der Waals surface area (Å²) in [6.45, 7) is 9.06. The number of furan rings is 1. The highest BCUT2D eigenvalue weighted by Gasteiger charge is 2.28. The third-order valence-electron chi connectivity index (χ3n) is 5.12. The van der Waals surface area contributed by atoms with Gasteiger partial charge in [0.15, 0.2) is 4.96 Å². The molecule has 156 valence electrons. The molecule has 0 atom stereocenters. The molecule has 0 unspecified atom stereocenters. The second-order valence-corrected chi connectivity index (χ2v) is 9.51. The normalized spacial score (nSPS) is 11.9. The van der Waals surface area contributed by atoms with Crippen molar-refractivity contribution in [1.82, 2.24) is 14.3 Å². The first-order valence-electron chi connectivity index (χ1n) is 10.2. The summed E-state index contributed by atoms with van der Waals surface area (Å²) in [6.07, 6.45) is 4.50. The van der Waals surface area contributed by atoms with E-state index in [0.29, 0.717) is 13.1 Å². The Hall–Kier alpha value is -2.86. The number of hydrogen-bond acceptors (Lipinski definition) is 4. The molecule has 5 nitrogen and oxygen atoms in total. The standard InChI is InChI=1S/C24H27N3O2S/c1-17-7-9-18(10-8-17)21-15-27-19(16-30-23(27)25-21)11-12-26(22(28)24(2,3)4)14-20-6-5-13-29-20/h5-10,13,15-16H,11-12,14H2,1-4H3. The molecule has 0 aliphatic heterocycles. The average molecular weight is 422 g/mol. The first-order valence-corrected chi connectivity index (χ1v) is 11.0. The van der Waals surface area contributed by atoms with Crippen molar-refractivity contribution in [2.45, 2.75) is 40.7 Å². The van der Waals surface area contributed by atoms with Crippen molar-refractivity contribution in [3.05, 3.63) is 71.3 Å². The van der Waals surface area contributed by atoms with Gasteiger partial charge in [-0.1, -0.05) is 50.6 Å². The van der Waals surface area contributed by atoms with Crippen LogP contribution in [0.1, 0.15) is 37.8 Å². The van der Waals surface area contributed by atoms with Crippen molar-refractivity contribution in [2.75, 3.05) is 6.54 Å². The molecule has 0 N–H and O–H groups in total. The molecule has 0 saturated carbocycles. The van der Waals surface area contributed by atoms with Gasteiger partial charge in [0.25, 0.3) is 0 Å². The predicted molar refractivity (Wildman–Crippen MR) is 121 cm³/mol. The van der Waals surface area contributed by atoms with E-state index in [-0.39, 0.29) is 5.91 Å². The van der Waals surface area contributed by atoms with Gasteiger partial charge >= 0.3 is 0 Å². The summed E-state index contributed by atoms with van der Waals surface area (Å²) in [5.41, 5.74) is 4.04. The van der Waals surface area contributed by atoms with Gasteiger partial charge in [0.1, 0.15) is 5.76 Å². The molecule has 30 heavy (non-hydrogen) atoms. The molecule has 0 spiro atoms. The Balaban J connectivity index is 1.54. The molecular weight excluding hydrogens is 394 g/mol. The third-order valence-corrected chi connectivity index (χ3v) is 6.01. The minimum atomic E-state index is -0.440. The second-order valence-electron chi connectivity index (χ2n) is 8.68. The van der Waals surface area contributed by atoms with E-state index in [1.165, 1.54) is 5.56 Å². The number of rotatable bonds is 6. The number of carbonyl (C=O) groups is 1. The zero-order chi connectivity index (χ0) is 21.3. The van der Waals surface area contributed by atoms with Gasteiger partial charge in [-0.05, 0) is 19.1 Å². The molecule has 0 fully saturated rings. The number of fused-ring (bicyclic) bond motifs is 1. The lowest BCUT2D eigenvalue weighted by Gasteiger charge is -2.29. The third kappa shape index (κ3) is 4.33. The summed E-state index contributed by atoms with van der Waals surface area (Å²) in [7, 11) is 0. The van der Waals surface area contributed by atoms with E-state index < -0.39 is 5.41 Å². The van der Waals surface area contributed by atoms with E-state index in [4.69, 9.17) is 9.40 Å². The zero-order valence-corrected chi connectivity index (χ0v) is 18.7. The van der Waals surface area contributed by atoms with Gasteiger partial charge in [0.05, 0.1) is 18.5 Å². The van der Waals surface area contributed by atoms with Crippen molar-refractivity contribution in [3.8, 4) is 11.3 Å². The molecule has 4 rings (SSSR count). The van der Waals surface area contributed by atoms with Crippen molar-refractivity contribution >= 4 is 22.2 Å². The summed E-state index contributed by atoms with van der Waals surface area (Å²) >= 11 is 1.63. The maximum atomic E-state index is 13.0. The molecule has 1 amide bonds. The number of nitrogens with zero attached hydrogens (tertiary/aromatic N) is 3. The van der Waals surface area contributed by atoms with Gasteiger partial charge in [-0.25, -0.2) is 4.98 Å². The summed E-state index contributed by atoms with van der Waals surface area (Å²) in [4.78, 5) is 20.6. The van der Waals surface area contributed by atoms with Crippen LogP contribution in [-0.4, -0.2) is 26.7 Å². The molecule has 4 aromatic rings. The van der Waals surface area contributed by atoms with Crippen LogP contribution >= 0.6 is 11.3 Å². The van der Waals surface area contributed by atoms with Gasteiger partial charge in [0.2, 0.25) is 5.91 Å². The van der Waals surface area contributed by atoms with Crippen LogP contribution in [0.15, 0.2) is 58.7 Å². The van der Waals surface area contributed by atoms with E-state index in [2.05, 4.69) is 47.2 Å². The number of imidazole rings is 1. The minimum absolute atomic E-state index is 0.122. The summed E-state index contributed by atoms with van der Waals surface area (Å²) in [5.74, 6) is 0.920. The Labute approximate surface area is 181 Å². The van der Waals surface area contributed by atoms with Crippen LogP contribution in [-0.2, 0) is 17.8 Å². The lowest BCUT2D eigenvalue weighted by atomic mass is 9.94. The number of thiazole rings is 1. The maximum absolute atomic E-state index is 13.0. The first kappa shape index (κ1) is 20.4. The largest absolute Gasteiger partial charge is 0.467 e. The number of aryl methyl sites for hydroxylation is 1. The lowest BCUT2D eigenvalue weighted by Crippen LogP contribution is -2.40. The van der Waals surface area contributed by atoms with Crippen LogP contribution in [0.4, 0.5) is 0 Å². The summed E-state index contributed by atoms with van der Waals surface area (Å²) in [5, 5.41) is 2.13. The number of benzene rings is 1. The fourth-order valence-electron chi connectivity index (χ4n) is 3.44. The van der Waals surface area contributed by atoms with Gasteiger partial charge in [-0.15, -0.1) is 11.3 Å². The molecule has 0 bridgehead atoms. The van der Waals surface area contributed by atoms with Crippen molar-refractivity contribution in [1.29, 1.82) is 0 Å². The van der Waals surface area contributed by atoms with Crippen LogP contribution in [0.3, 0.4) is 0 Å². The topological polar surface area (TPSA) is 50.8 Å². The Morgan fingerprint density at radius 3 is 2.63 bits per heavy atom. The fourth-order valence-corrected chi connectivity index (χ4v) is 4.35. The highest BCUT2D eigenvalue weighted by Crippen LogP contribution is 2.25. The van der Waals surface area contributed by atoms with Crippen LogP contribution in [0, 0.1) is 12.3 Å². The monoisotopic (exact) mass is 421 g/mol. The number of hydrogen-bond donors (Lipinski definition) is 0. The van der Waals surface area contributed by atoms with Gasteiger partial charge < -0.3 is 9.32 Å².